The van der Waals surface area contributed by atoms with E-state index in [0.717, 1.165) is 16.8 Å². The van der Waals surface area contributed by atoms with Gasteiger partial charge in [0, 0.05) is 17.9 Å². The third kappa shape index (κ3) is 2.71. The maximum Gasteiger partial charge on any atom is 0.257 e. The Balaban J connectivity index is 1.91. The van der Waals surface area contributed by atoms with E-state index in [9.17, 15) is 9.90 Å². The third-order valence-corrected chi connectivity index (χ3v) is 4.24. The Bertz CT molecular complexity index is 928. The highest BCUT2D eigenvalue weighted by atomic mass is 16.3. The Morgan fingerprint density at radius 1 is 1.21 bits per heavy atom. The van der Waals surface area contributed by atoms with Crippen molar-refractivity contribution in [3.8, 4) is 5.75 Å². The predicted octanol–water partition coefficient (Wildman–Crippen LogP) is 3.59. The first kappa shape index (κ1) is 16.0. The number of nitrogens with one attached hydrogen (secondary N) is 1. The van der Waals surface area contributed by atoms with E-state index < -0.39 is 0 Å². The number of phenols is 1. The smallest absolute Gasteiger partial charge is 0.257 e. The molecular weight excluding hydrogens is 304 g/mol. The van der Waals surface area contributed by atoms with Gasteiger partial charge in [-0.2, -0.15) is 0 Å². The summed E-state index contributed by atoms with van der Waals surface area (Å²) in [4.78, 5) is 21.2. The van der Waals surface area contributed by atoms with Crippen LogP contribution in [-0.4, -0.2) is 25.5 Å². The number of amides is 1. The lowest BCUT2D eigenvalue weighted by molar-refractivity contribution is 0.102. The fourth-order valence-corrected chi connectivity index (χ4v) is 2.56. The summed E-state index contributed by atoms with van der Waals surface area (Å²) in [7, 11) is 0. The summed E-state index contributed by atoms with van der Waals surface area (Å²) in [6, 6.07) is 5.25. The lowest BCUT2D eigenvalue weighted by Gasteiger charge is -2.12. The molecule has 0 fully saturated rings. The normalized spacial score (nSPS) is 11.2. The number of nitrogens with zero attached hydrogens (tertiary/aromatic N) is 3. The molecule has 0 aliphatic heterocycles. The van der Waals surface area contributed by atoms with Crippen LogP contribution < -0.4 is 5.32 Å². The van der Waals surface area contributed by atoms with Crippen molar-refractivity contribution in [3.63, 3.8) is 0 Å². The first-order chi connectivity index (χ1) is 11.4. The zero-order valence-electron chi connectivity index (χ0n) is 14.2. The predicted molar refractivity (Wildman–Crippen MR) is 93.4 cm³/mol. The molecule has 3 rings (SSSR count). The van der Waals surface area contributed by atoms with Gasteiger partial charge in [0.15, 0.2) is 5.65 Å². The number of fused-ring (bicyclic) bond motifs is 1. The van der Waals surface area contributed by atoms with Crippen molar-refractivity contribution in [1.82, 2.24) is 14.5 Å². The Morgan fingerprint density at radius 3 is 2.67 bits per heavy atom. The van der Waals surface area contributed by atoms with Crippen molar-refractivity contribution in [2.24, 2.45) is 0 Å². The number of benzene rings is 1. The molecule has 0 unspecified atom stereocenters. The van der Waals surface area contributed by atoms with Crippen LogP contribution in [0.4, 0.5) is 5.69 Å². The van der Waals surface area contributed by atoms with Gasteiger partial charge in [-0.05, 0) is 57.0 Å². The largest absolute Gasteiger partial charge is 0.508 e. The summed E-state index contributed by atoms with van der Waals surface area (Å²) in [6.45, 7) is 7.78. The van der Waals surface area contributed by atoms with Gasteiger partial charge in [0.1, 0.15) is 11.3 Å². The van der Waals surface area contributed by atoms with Crippen molar-refractivity contribution in [2.75, 3.05) is 5.32 Å². The molecule has 1 amide bonds. The topological polar surface area (TPSA) is 80.0 Å². The molecule has 0 aliphatic rings. The molecule has 24 heavy (non-hydrogen) atoms. The van der Waals surface area contributed by atoms with Crippen LogP contribution in [0.1, 0.15) is 41.4 Å². The monoisotopic (exact) mass is 324 g/mol. The maximum atomic E-state index is 12.5. The number of pyridine rings is 1. The van der Waals surface area contributed by atoms with Gasteiger partial charge in [-0.3, -0.25) is 4.79 Å². The molecule has 0 bridgehead atoms. The number of carbonyl (C=O) groups is 1. The van der Waals surface area contributed by atoms with Gasteiger partial charge >= 0.3 is 0 Å². The van der Waals surface area contributed by atoms with Gasteiger partial charge in [0.25, 0.3) is 5.91 Å². The van der Waals surface area contributed by atoms with Gasteiger partial charge in [-0.25, -0.2) is 9.97 Å². The highest BCUT2D eigenvalue weighted by molar-refractivity contribution is 6.05. The molecule has 0 aliphatic carbocycles. The molecule has 0 atom stereocenters. The second-order valence-electron chi connectivity index (χ2n) is 6.15. The quantitative estimate of drug-likeness (QED) is 0.722. The second kappa shape index (κ2) is 5.96. The number of hydrogen-bond acceptors (Lipinski definition) is 4. The average molecular weight is 324 g/mol. The number of phenolic OH excluding ortho intramolecular Hbond substituents is 1. The summed E-state index contributed by atoms with van der Waals surface area (Å²) in [6.07, 6.45) is 3.29. The summed E-state index contributed by atoms with van der Waals surface area (Å²) < 4.78 is 1.96. The van der Waals surface area contributed by atoms with Crippen LogP contribution >= 0.6 is 0 Å². The number of hydrogen-bond donors (Lipinski definition) is 2. The molecule has 0 saturated heterocycles. The molecule has 2 N–H and O–H groups in total. The van der Waals surface area contributed by atoms with E-state index in [4.69, 9.17) is 0 Å². The van der Waals surface area contributed by atoms with E-state index in [2.05, 4.69) is 29.1 Å². The standard InChI is InChI=1S/C18H20N4O2/c1-10(2)22-9-20-15-7-13(8-19-17(15)22)18(24)21-14-5-6-16(23)12(4)11(14)3/h5-10,23H,1-4H3,(H,21,24). The Hall–Kier alpha value is -2.89. The first-order valence-corrected chi connectivity index (χ1v) is 7.81. The van der Waals surface area contributed by atoms with Crippen LogP contribution in [0, 0.1) is 13.8 Å². The zero-order chi connectivity index (χ0) is 17.4. The summed E-state index contributed by atoms with van der Waals surface area (Å²) in [5, 5.41) is 12.6. The van der Waals surface area contributed by atoms with Gasteiger partial charge in [-0.15, -0.1) is 0 Å². The fraction of sp³-hybridized carbons (Fsp3) is 0.278. The Labute approximate surface area is 140 Å². The van der Waals surface area contributed by atoms with Gasteiger partial charge < -0.3 is 15.0 Å². The van der Waals surface area contributed by atoms with Crippen LogP contribution in [0.25, 0.3) is 11.2 Å². The number of aromatic hydroxyl groups is 1. The number of aromatic nitrogens is 3. The van der Waals surface area contributed by atoms with Crippen LogP contribution in [0.15, 0.2) is 30.7 Å². The number of imidazole rings is 1. The van der Waals surface area contributed by atoms with Crippen molar-refractivity contribution < 1.29 is 9.90 Å². The van der Waals surface area contributed by atoms with Crippen molar-refractivity contribution in [3.05, 3.63) is 47.4 Å². The van der Waals surface area contributed by atoms with Crippen LogP contribution in [0.3, 0.4) is 0 Å². The van der Waals surface area contributed by atoms with Crippen LogP contribution in [-0.2, 0) is 0 Å². The highest BCUT2D eigenvalue weighted by Gasteiger charge is 2.14. The minimum absolute atomic E-state index is 0.216. The summed E-state index contributed by atoms with van der Waals surface area (Å²) >= 11 is 0. The van der Waals surface area contributed by atoms with Crippen molar-refractivity contribution in [2.45, 2.75) is 33.7 Å². The SMILES string of the molecule is Cc1c(O)ccc(NC(=O)c2cnc3c(c2)ncn3C(C)C)c1C. The van der Waals surface area contributed by atoms with E-state index in [1.54, 1.807) is 30.7 Å². The minimum atomic E-state index is -0.253. The highest BCUT2D eigenvalue weighted by Crippen LogP contribution is 2.26. The van der Waals surface area contributed by atoms with E-state index in [1.807, 2.05) is 18.4 Å². The summed E-state index contributed by atoms with van der Waals surface area (Å²) in [5.74, 6) is -0.0375. The fourth-order valence-electron chi connectivity index (χ4n) is 2.56. The number of carbonyl (C=O) groups excluding carboxylic acids is 1. The molecule has 2 aromatic heterocycles. The average Bonchev–Trinajstić information content (AvgIpc) is 2.98. The van der Waals surface area contributed by atoms with E-state index in [-0.39, 0.29) is 17.7 Å². The maximum absolute atomic E-state index is 12.5. The first-order valence-electron chi connectivity index (χ1n) is 7.81. The molecule has 6 heteroatoms. The molecule has 0 radical (unpaired) electrons. The molecule has 0 spiro atoms. The lowest BCUT2D eigenvalue weighted by Crippen LogP contribution is -2.13. The van der Waals surface area contributed by atoms with E-state index >= 15 is 0 Å². The van der Waals surface area contributed by atoms with Gasteiger partial charge in [0.2, 0.25) is 0 Å². The third-order valence-electron chi connectivity index (χ3n) is 4.24. The molecule has 2 heterocycles. The van der Waals surface area contributed by atoms with Crippen molar-refractivity contribution >= 4 is 22.8 Å². The second-order valence-corrected chi connectivity index (χ2v) is 6.15. The molecule has 6 nitrogen and oxygen atoms in total. The lowest BCUT2D eigenvalue weighted by atomic mass is 10.1. The molecule has 1 aromatic carbocycles. The molecule has 3 aromatic rings. The zero-order valence-corrected chi connectivity index (χ0v) is 14.2. The van der Waals surface area contributed by atoms with E-state index in [0.29, 0.717) is 16.8 Å². The van der Waals surface area contributed by atoms with Crippen molar-refractivity contribution in [1.29, 1.82) is 0 Å². The van der Waals surface area contributed by atoms with E-state index in [1.165, 1.54) is 0 Å². The Morgan fingerprint density at radius 2 is 1.96 bits per heavy atom. The van der Waals surface area contributed by atoms with Crippen LogP contribution in [0.5, 0.6) is 5.75 Å². The summed E-state index contributed by atoms with van der Waals surface area (Å²) in [5.41, 5.74) is 4.15. The number of rotatable bonds is 3. The molecule has 0 saturated carbocycles. The number of anilines is 1. The molecular formula is C18H20N4O2. The van der Waals surface area contributed by atoms with Gasteiger partial charge in [0.05, 0.1) is 11.9 Å². The molecule has 124 valence electrons. The van der Waals surface area contributed by atoms with Crippen LogP contribution in [0.2, 0.25) is 0 Å². The Kier molecular flexibility index (Phi) is 3.97. The minimum Gasteiger partial charge on any atom is -0.508 e. The van der Waals surface area contributed by atoms with Gasteiger partial charge in [-0.1, -0.05) is 0 Å².